The molecule has 6 nitrogen and oxygen atoms in total. The summed E-state index contributed by atoms with van der Waals surface area (Å²) in [6, 6.07) is 15.0. The molecule has 0 aliphatic carbocycles. The lowest BCUT2D eigenvalue weighted by atomic mass is 9.98. The first-order valence-electron chi connectivity index (χ1n) is 13.9. The quantitative estimate of drug-likeness (QED) is 0.129. The maximum Gasteiger partial charge on any atom is 0.508 e. The normalized spacial score (nSPS) is 13.5. The first-order chi connectivity index (χ1) is 18.5. The smallest absolute Gasteiger partial charge is 0.493 e. The van der Waals surface area contributed by atoms with E-state index in [2.05, 4.69) is 49.9 Å². The van der Waals surface area contributed by atoms with Crippen LogP contribution in [-0.2, 0) is 31.8 Å². The van der Waals surface area contributed by atoms with Crippen molar-refractivity contribution >= 4 is 12.1 Å². The van der Waals surface area contributed by atoms with Crippen molar-refractivity contribution in [2.75, 3.05) is 26.4 Å². The van der Waals surface area contributed by atoms with Gasteiger partial charge in [-0.25, -0.2) is 9.59 Å². The van der Waals surface area contributed by atoms with Crippen molar-refractivity contribution in [2.45, 2.75) is 71.6 Å². The Hall–Kier alpha value is -3.28. The molecule has 2 aromatic carbocycles. The van der Waals surface area contributed by atoms with Gasteiger partial charge in [-0.1, -0.05) is 75.9 Å². The van der Waals surface area contributed by atoms with Gasteiger partial charge in [0.25, 0.3) is 0 Å². The number of ether oxygens (including phenoxy) is 4. The van der Waals surface area contributed by atoms with Gasteiger partial charge in [0, 0.05) is 5.57 Å². The second-order valence-corrected chi connectivity index (χ2v) is 10.1. The topological polar surface area (TPSA) is 71.1 Å². The Balaban J connectivity index is 1.62. The zero-order chi connectivity index (χ0) is 27.2. The van der Waals surface area contributed by atoms with E-state index in [-0.39, 0.29) is 25.1 Å². The summed E-state index contributed by atoms with van der Waals surface area (Å²) in [5, 5.41) is 0. The number of rotatable bonds is 16. The largest absolute Gasteiger partial charge is 0.508 e. The Kier molecular flexibility index (Phi) is 12.2. The summed E-state index contributed by atoms with van der Waals surface area (Å²) in [6.07, 6.45) is 9.67. The number of cyclic esters (lactones) is 2. The molecule has 206 valence electrons. The zero-order valence-electron chi connectivity index (χ0n) is 23.0. The van der Waals surface area contributed by atoms with E-state index in [9.17, 15) is 9.59 Å². The third-order valence-electron chi connectivity index (χ3n) is 6.69. The fraction of sp³-hybridized carbons (Fsp3) is 0.500. The molecule has 0 atom stereocenters. The first-order valence-corrected chi connectivity index (χ1v) is 13.9. The number of esters is 1. The molecule has 6 heteroatoms. The molecule has 0 radical (unpaired) electrons. The minimum atomic E-state index is -0.631. The maximum atomic E-state index is 11.7. The average Bonchev–Trinajstić information content (AvgIpc) is 2.93. The molecular weight excluding hydrogens is 480 g/mol. The highest BCUT2D eigenvalue weighted by atomic mass is 16.7. The summed E-state index contributed by atoms with van der Waals surface area (Å²) >= 11 is 0. The molecule has 1 aliphatic rings. The summed E-state index contributed by atoms with van der Waals surface area (Å²) in [5.41, 5.74) is 5.09. The Labute approximate surface area is 227 Å². The number of carbonyl (C=O) groups is 2. The van der Waals surface area contributed by atoms with Crippen molar-refractivity contribution in [1.82, 2.24) is 0 Å². The standard InChI is InChI=1S/C32H42O6/c1-4-5-6-7-8-9-11-25-13-15-27(16-14-25)28-17-18-30(36-21-26-22-37-32(34)38-23-26)29(20-28)12-10-19-35-31(33)24(2)3/h13-18,20,26H,2,4-12,19,21-23H2,1,3H3. The molecule has 0 unspecified atom stereocenters. The van der Waals surface area contributed by atoms with E-state index in [4.69, 9.17) is 18.9 Å². The highest BCUT2D eigenvalue weighted by Gasteiger charge is 2.22. The molecular formula is C32H42O6. The Morgan fingerprint density at radius 3 is 2.32 bits per heavy atom. The van der Waals surface area contributed by atoms with Gasteiger partial charge in [0.2, 0.25) is 0 Å². The first kappa shape index (κ1) is 29.3. The van der Waals surface area contributed by atoms with Crippen molar-refractivity contribution in [3.05, 3.63) is 65.7 Å². The SMILES string of the molecule is C=C(C)C(=O)OCCCc1cc(-c2ccc(CCCCCCCC)cc2)ccc1OCC1COC(=O)OC1. The van der Waals surface area contributed by atoms with Crippen LogP contribution in [0.25, 0.3) is 11.1 Å². The van der Waals surface area contributed by atoms with Crippen molar-refractivity contribution < 1.29 is 28.5 Å². The van der Waals surface area contributed by atoms with E-state index in [1.807, 2.05) is 6.07 Å². The number of unbranched alkanes of at least 4 members (excludes halogenated alkanes) is 5. The Bertz CT molecular complexity index is 1030. The summed E-state index contributed by atoms with van der Waals surface area (Å²) in [4.78, 5) is 22.9. The lowest BCUT2D eigenvalue weighted by Gasteiger charge is -2.22. The van der Waals surface area contributed by atoms with Gasteiger partial charge in [-0.3, -0.25) is 0 Å². The number of aryl methyl sites for hydroxylation is 2. The van der Waals surface area contributed by atoms with Crippen LogP contribution in [0.3, 0.4) is 0 Å². The van der Waals surface area contributed by atoms with Crippen LogP contribution < -0.4 is 4.74 Å². The highest BCUT2D eigenvalue weighted by molar-refractivity contribution is 5.86. The van der Waals surface area contributed by atoms with E-state index in [0.717, 1.165) is 28.9 Å². The molecule has 0 aromatic heterocycles. The molecule has 3 rings (SSSR count). The van der Waals surface area contributed by atoms with Crippen LogP contribution in [0.1, 0.15) is 69.9 Å². The fourth-order valence-electron chi connectivity index (χ4n) is 4.38. The van der Waals surface area contributed by atoms with E-state index in [1.54, 1.807) is 6.92 Å². The van der Waals surface area contributed by atoms with Crippen molar-refractivity contribution in [1.29, 1.82) is 0 Å². The molecule has 1 heterocycles. The van der Waals surface area contributed by atoms with Crippen molar-refractivity contribution in [3.8, 4) is 16.9 Å². The molecule has 1 saturated heterocycles. The summed E-state index contributed by atoms with van der Waals surface area (Å²) in [5.74, 6) is 0.385. The van der Waals surface area contributed by atoms with Gasteiger partial charge in [-0.2, -0.15) is 0 Å². The van der Waals surface area contributed by atoms with Gasteiger partial charge >= 0.3 is 12.1 Å². The van der Waals surface area contributed by atoms with Crippen LogP contribution in [0.15, 0.2) is 54.6 Å². The average molecular weight is 523 g/mol. The van der Waals surface area contributed by atoms with Crippen LogP contribution >= 0.6 is 0 Å². The lowest BCUT2D eigenvalue weighted by molar-refractivity contribution is -0.139. The minimum absolute atomic E-state index is 0.0177. The van der Waals surface area contributed by atoms with Crippen LogP contribution in [-0.4, -0.2) is 38.6 Å². The van der Waals surface area contributed by atoms with Crippen LogP contribution in [0.2, 0.25) is 0 Å². The molecule has 2 aromatic rings. The van der Waals surface area contributed by atoms with Crippen LogP contribution in [0.5, 0.6) is 5.75 Å². The molecule has 1 fully saturated rings. The number of benzene rings is 2. The number of hydrogen-bond donors (Lipinski definition) is 0. The van der Waals surface area contributed by atoms with Gasteiger partial charge in [0.1, 0.15) is 19.0 Å². The lowest BCUT2D eigenvalue weighted by Crippen LogP contribution is -2.31. The number of carbonyl (C=O) groups excluding carboxylic acids is 2. The molecule has 0 amide bonds. The molecule has 0 spiro atoms. The predicted molar refractivity (Wildman–Crippen MR) is 149 cm³/mol. The monoisotopic (exact) mass is 522 g/mol. The molecule has 0 saturated carbocycles. The Morgan fingerprint density at radius 1 is 0.921 bits per heavy atom. The summed E-state index contributed by atoms with van der Waals surface area (Å²) < 4.78 is 21.3. The van der Waals surface area contributed by atoms with Crippen LogP contribution in [0.4, 0.5) is 4.79 Å². The number of hydrogen-bond acceptors (Lipinski definition) is 6. The molecule has 38 heavy (non-hydrogen) atoms. The molecule has 0 bridgehead atoms. The Morgan fingerprint density at radius 2 is 1.61 bits per heavy atom. The van der Waals surface area contributed by atoms with Gasteiger partial charge in [0.05, 0.1) is 19.1 Å². The van der Waals surface area contributed by atoms with E-state index >= 15 is 0 Å². The third-order valence-corrected chi connectivity index (χ3v) is 6.69. The predicted octanol–water partition coefficient (Wildman–Crippen LogP) is 7.47. The van der Waals surface area contributed by atoms with Gasteiger partial charge in [-0.05, 0) is 67.0 Å². The van der Waals surface area contributed by atoms with Crippen molar-refractivity contribution in [3.63, 3.8) is 0 Å². The van der Waals surface area contributed by atoms with E-state index < -0.39 is 6.16 Å². The zero-order valence-corrected chi connectivity index (χ0v) is 23.0. The van der Waals surface area contributed by atoms with E-state index in [0.29, 0.717) is 31.6 Å². The molecule has 0 N–H and O–H groups in total. The summed E-state index contributed by atoms with van der Waals surface area (Å²) in [6.45, 7) is 8.79. The van der Waals surface area contributed by atoms with Crippen molar-refractivity contribution in [2.24, 2.45) is 5.92 Å². The third kappa shape index (κ3) is 9.88. The highest BCUT2D eigenvalue weighted by Crippen LogP contribution is 2.29. The molecule has 1 aliphatic heterocycles. The second-order valence-electron chi connectivity index (χ2n) is 10.1. The second kappa shape index (κ2) is 15.9. The van der Waals surface area contributed by atoms with Gasteiger partial charge in [-0.15, -0.1) is 0 Å². The van der Waals surface area contributed by atoms with E-state index in [1.165, 1.54) is 44.1 Å². The van der Waals surface area contributed by atoms with Crippen LogP contribution in [0, 0.1) is 5.92 Å². The van der Waals surface area contributed by atoms with Gasteiger partial charge in [0.15, 0.2) is 0 Å². The van der Waals surface area contributed by atoms with Gasteiger partial charge < -0.3 is 18.9 Å². The fourth-order valence-corrected chi connectivity index (χ4v) is 4.38. The maximum absolute atomic E-state index is 11.7. The summed E-state index contributed by atoms with van der Waals surface area (Å²) in [7, 11) is 0. The minimum Gasteiger partial charge on any atom is -0.493 e.